The topological polar surface area (TPSA) is 59.4 Å². The molecule has 3 aromatic rings. The predicted octanol–water partition coefficient (Wildman–Crippen LogP) is 4.48. The molecule has 1 saturated heterocycles. The van der Waals surface area contributed by atoms with Crippen LogP contribution in [0.25, 0.3) is 5.69 Å². The van der Waals surface area contributed by atoms with E-state index in [9.17, 15) is 4.79 Å². The second-order valence-corrected chi connectivity index (χ2v) is 8.70. The Morgan fingerprint density at radius 1 is 1.10 bits per heavy atom. The number of ether oxygens (including phenoxy) is 1. The summed E-state index contributed by atoms with van der Waals surface area (Å²) in [6.45, 7) is 5.15. The summed E-state index contributed by atoms with van der Waals surface area (Å²) in [7, 11) is 0. The van der Waals surface area contributed by atoms with E-state index in [1.807, 2.05) is 66.2 Å². The van der Waals surface area contributed by atoms with E-state index in [-0.39, 0.29) is 11.2 Å². The first kappa shape index (κ1) is 20.8. The molecule has 30 heavy (non-hydrogen) atoms. The number of benzene rings is 2. The summed E-state index contributed by atoms with van der Waals surface area (Å²) in [4.78, 5) is 19.4. The Balaban J connectivity index is 1.37. The van der Waals surface area contributed by atoms with Crippen LogP contribution in [-0.4, -0.2) is 47.0 Å². The first-order chi connectivity index (χ1) is 14.6. The first-order valence-electron chi connectivity index (χ1n) is 9.80. The Kier molecular flexibility index (Phi) is 6.62. The summed E-state index contributed by atoms with van der Waals surface area (Å²) < 4.78 is 7.34. The molecule has 1 aliphatic rings. The van der Waals surface area contributed by atoms with E-state index in [4.69, 9.17) is 16.3 Å². The zero-order valence-corrected chi connectivity index (χ0v) is 18.2. The number of amides is 1. The molecule has 8 heteroatoms. The van der Waals surface area contributed by atoms with Gasteiger partial charge in [0.2, 0.25) is 5.91 Å². The van der Waals surface area contributed by atoms with Crippen LogP contribution in [0.15, 0.2) is 66.1 Å². The molecule has 0 saturated carbocycles. The van der Waals surface area contributed by atoms with Gasteiger partial charge in [0, 0.05) is 47.6 Å². The number of thioether (sulfide) groups is 1. The molecule has 156 valence electrons. The summed E-state index contributed by atoms with van der Waals surface area (Å²) in [6, 6.07) is 15.5. The molecular weight excluding hydrogens is 420 g/mol. The van der Waals surface area contributed by atoms with Gasteiger partial charge in [0.05, 0.1) is 18.5 Å². The summed E-state index contributed by atoms with van der Waals surface area (Å²) >= 11 is 7.39. The number of morpholine rings is 1. The van der Waals surface area contributed by atoms with Crippen molar-refractivity contribution in [1.82, 2.24) is 9.55 Å². The Morgan fingerprint density at radius 2 is 1.77 bits per heavy atom. The number of hydrogen-bond acceptors (Lipinski definition) is 5. The fraction of sp³-hybridized carbons (Fsp3) is 0.273. The predicted molar refractivity (Wildman–Crippen MR) is 122 cm³/mol. The minimum Gasteiger partial charge on any atom is -0.378 e. The van der Waals surface area contributed by atoms with Gasteiger partial charge in [-0.3, -0.25) is 9.36 Å². The standard InChI is InChI=1S/C22H23ClN4O2S/c1-16(30-22-24-10-11-27(22)20-6-2-17(23)3-7-20)21(28)25-18-4-8-19(9-5-18)26-12-14-29-15-13-26/h2-11,16H,12-15H2,1H3,(H,25,28). The zero-order valence-electron chi connectivity index (χ0n) is 16.6. The molecule has 1 atom stereocenters. The highest BCUT2D eigenvalue weighted by Crippen LogP contribution is 2.26. The van der Waals surface area contributed by atoms with E-state index >= 15 is 0 Å². The van der Waals surface area contributed by atoms with Crippen molar-refractivity contribution in [2.75, 3.05) is 36.5 Å². The van der Waals surface area contributed by atoms with E-state index in [1.54, 1.807) is 6.20 Å². The summed E-state index contributed by atoms with van der Waals surface area (Å²) in [5.41, 5.74) is 2.87. The maximum absolute atomic E-state index is 12.7. The first-order valence-corrected chi connectivity index (χ1v) is 11.1. The van der Waals surface area contributed by atoms with Crippen molar-refractivity contribution in [2.45, 2.75) is 17.3 Å². The van der Waals surface area contributed by atoms with Gasteiger partial charge >= 0.3 is 0 Å². The third-order valence-electron chi connectivity index (χ3n) is 4.87. The van der Waals surface area contributed by atoms with Crippen LogP contribution in [0.5, 0.6) is 0 Å². The molecule has 1 fully saturated rings. The molecular formula is C22H23ClN4O2S. The van der Waals surface area contributed by atoms with E-state index in [0.717, 1.165) is 48.5 Å². The Bertz CT molecular complexity index is 985. The second-order valence-electron chi connectivity index (χ2n) is 6.95. The number of rotatable bonds is 6. The van der Waals surface area contributed by atoms with E-state index in [1.165, 1.54) is 11.8 Å². The van der Waals surface area contributed by atoms with Gasteiger partial charge < -0.3 is 15.0 Å². The van der Waals surface area contributed by atoms with Crippen LogP contribution in [0, 0.1) is 0 Å². The lowest BCUT2D eigenvalue weighted by Crippen LogP contribution is -2.36. The number of carbonyl (C=O) groups excluding carboxylic acids is 1. The lowest BCUT2D eigenvalue weighted by molar-refractivity contribution is -0.115. The smallest absolute Gasteiger partial charge is 0.237 e. The van der Waals surface area contributed by atoms with Crippen LogP contribution in [0.3, 0.4) is 0 Å². The molecule has 1 amide bonds. The van der Waals surface area contributed by atoms with Crippen molar-refractivity contribution < 1.29 is 9.53 Å². The number of halogens is 1. The Labute approximate surface area is 185 Å². The molecule has 2 heterocycles. The van der Waals surface area contributed by atoms with Crippen LogP contribution in [0.4, 0.5) is 11.4 Å². The highest BCUT2D eigenvalue weighted by molar-refractivity contribution is 8.00. The quantitative estimate of drug-likeness (QED) is 0.570. The van der Waals surface area contributed by atoms with Crippen molar-refractivity contribution in [3.05, 3.63) is 65.9 Å². The van der Waals surface area contributed by atoms with Crippen molar-refractivity contribution >= 4 is 40.6 Å². The lowest BCUT2D eigenvalue weighted by atomic mass is 10.2. The molecule has 1 aromatic heterocycles. The third kappa shape index (κ3) is 4.98. The maximum atomic E-state index is 12.7. The van der Waals surface area contributed by atoms with Gasteiger partial charge in [-0.25, -0.2) is 4.98 Å². The molecule has 1 aliphatic heterocycles. The van der Waals surface area contributed by atoms with Gasteiger partial charge in [-0.15, -0.1) is 0 Å². The molecule has 0 radical (unpaired) electrons. The third-order valence-corrected chi connectivity index (χ3v) is 6.21. The Morgan fingerprint density at radius 3 is 2.47 bits per heavy atom. The summed E-state index contributed by atoms with van der Waals surface area (Å²) in [6.07, 6.45) is 3.60. The normalized spacial score (nSPS) is 15.1. The largest absolute Gasteiger partial charge is 0.378 e. The fourth-order valence-electron chi connectivity index (χ4n) is 3.21. The monoisotopic (exact) mass is 442 g/mol. The average Bonchev–Trinajstić information content (AvgIpc) is 3.23. The number of carbonyl (C=O) groups is 1. The van der Waals surface area contributed by atoms with E-state index in [0.29, 0.717) is 5.02 Å². The lowest BCUT2D eigenvalue weighted by Gasteiger charge is -2.28. The molecule has 0 spiro atoms. The average molecular weight is 443 g/mol. The van der Waals surface area contributed by atoms with Crippen LogP contribution in [-0.2, 0) is 9.53 Å². The van der Waals surface area contributed by atoms with Crippen molar-refractivity contribution in [2.24, 2.45) is 0 Å². The molecule has 1 N–H and O–H groups in total. The zero-order chi connectivity index (χ0) is 20.9. The minimum absolute atomic E-state index is 0.0650. The molecule has 4 rings (SSSR count). The molecule has 0 bridgehead atoms. The number of nitrogens with one attached hydrogen (secondary N) is 1. The second kappa shape index (κ2) is 9.55. The van der Waals surface area contributed by atoms with Gasteiger partial charge in [-0.1, -0.05) is 23.4 Å². The van der Waals surface area contributed by atoms with Crippen molar-refractivity contribution in [3.8, 4) is 5.69 Å². The number of aromatic nitrogens is 2. The van der Waals surface area contributed by atoms with Crippen LogP contribution in [0.2, 0.25) is 5.02 Å². The minimum atomic E-state index is -0.308. The molecule has 0 aliphatic carbocycles. The number of anilines is 2. The fourth-order valence-corrected chi connectivity index (χ4v) is 4.22. The number of imidazole rings is 1. The van der Waals surface area contributed by atoms with Gasteiger partial charge in [-0.2, -0.15) is 0 Å². The highest BCUT2D eigenvalue weighted by atomic mass is 35.5. The summed E-state index contributed by atoms with van der Waals surface area (Å²) in [5, 5.41) is 4.12. The van der Waals surface area contributed by atoms with Crippen molar-refractivity contribution in [1.29, 1.82) is 0 Å². The van der Waals surface area contributed by atoms with Crippen LogP contribution in [0.1, 0.15) is 6.92 Å². The number of nitrogens with zero attached hydrogens (tertiary/aromatic N) is 3. The van der Waals surface area contributed by atoms with E-state index in [2.05, 4.69) is 15.2 Å². The number of hydrogen-bond donors (Lipinski definition) is 1. The highest BCUT2D eigenvalue weighted by Gasteiger charge is 2.18. The Hall–Kier alpha value is -2.48. The molecule has 6 nitrogen and oxygen atoms in total. The van der Waals surface area contributed by atoms with E-state index < -0.39 is 0 Å². The summed E-state index contributed by atoms with van der Waals surface area (Å²) in [5.74, 6) is -0.0650. The van der Waals surface area contributed by atoms with Crippen LogP contribution < -0.4 is 10.2 Å². The molecule has 1 unspecified atom stereocenters. The van der Waals surface area contributed by atoms with Gasteiger partial charge in [0.1, 0.15) is 0 Å². The van der Waals surface area contributed by atoms with Crippen LogP contribution >= 0.6 is 23.4 Å². The van der Waals surface area contributed by atoms with Gasteiger partial charge in [0.15, 0.2) is 5.16 Å². The molecule has 2 aromatic carbocycles. The maximum Gasteiger partial charge on any atom is 0.237 e. The SMILES string of the molecule is CC(Sc1nccn1-c1ccc(Cl)cc1)C(=O)Nc1ccc(N2CCOCC2)cc1. The van der Waals surface area contributed by atoms with Gasteiger partial charge in [0.25, 0.3) is 0 Å². The van der Waals surface area contributed by atoms with Crippen molar-refractivity contribution in [3.63, 3.8) is 0 Å². The van der Waals surface area contributed by atoms with Gasteiger partial charge in [-0.05, 0) is 55.5 Å².